The highest BCUT2D eigenvalue weighted by atomic mass is 32.2. The highest BCUT2D eigenvalue weighted by Gasteiger charge is 2.33. The van der Waals surface area contributed by atoms with Crippen LogP contribution in [0.15, 0.2) is 41.6 Å². The molecule has 0 aromatic carbocycles. The van der Waals surface area contributed by atoms with Gasteiger partial charge >= 0.3 is 0 Å². The number of piperazine rings is 1. The average molecular weight is 374 g/mol. The average Bonchev–Trinajstić information content (AvgIpc) is 3.13. The normalized spacial score (nSPS) is 22.0. The summed E-state index contributed by atoms with van der Waals surface area (Å²) in [5, 5.41) is 0.597. The Labute approximate surface area is 152 Å². The monoisotopic (exact) mass is 374 g/mol. The molecule has 2 aromatic heterocycles. The van der Waals surface area contributed by atoms with Crippen molar-refractivity contribution in [1.29, 1.82) is 0 Å². The van der Waals surface area contributed by atoms with Crippen LogP contribution in [-0.2, 0) is 14.8 Å². The number of H-pyrrole nitrogens is 1. The van der Waals surface area contributed by atoms with Crippen molar-refractivity contribution in [3.63, 3.8) is 0 Å². The van der Waals surface area contributed by atoms with Gasteiger partial charge in [0.2, 0.25) is 15.9 Å². The van der Waals surface area contributed by atoms with E-state index in [2.05, 4.69) is 22.1 Å². The lowest BCUT2D eigenvalue weighted by molar-refractivity contribution is -0.137. The molecule has 2 aromatic rings. The van der Waals surface area contributed by atoms with E-state index >= 15 is 0 Å². The number of aromatic nitrogens is 2. The van der Waals surface area contributed by atoms with Gasteiger partial charge in [0.05, 0.1) is 0 Å². The fourth-order valence-electron chi connectivity index (χ4n) is 3.71. The van der Waals surface area contributed by atoms with Gasteiger partial charge in [-0.25, -0.2) is 13.4 Å². The molecule has 7 nitrogen and oxygen atoms in total. The van der Waals surface area contributed by atoms with Crippen molar-refractivity contribution in [2.24, 2.45) is 5.92 Å². The van der Waals surface area contributed by atoms with Gasteiger partial charge in [0.1, 0.15) is 10.5 Å². The number of hydrogen-bond acceptors (Lipinski definition) is 4. The van der Waals surface area contributed by atoms with Gasteiger partial charge in [-0.1, -0.05) is 12.2 Å². The number of sulfonamides is 1. The molecule has 26 heavy (non-hydrogen) atoms. The highest BCUT2D eigenvalue weighted by Crippen LogP contribution is 2.26. The van der Waals surface area contributed by atoms with E-state index in [1.54, 1.807) is 18.3 Å². The number of allylic oxidation sites excluding steroid dienone is 2. The number of nitrogens with zero attached hydrogens (tertiary/aromatic N) is 3. The van der Waals surface area contributed by atoms with E-state index in [1.165, 1.54) is 10.5 Å². The molecule has 1 amide bonds. The van der Waals surface area contributed by atoms with Crippen LogP contribution in [0.3, 0.4) is 0 Å². The maximum Gasteiger partial charge on any atom is 0.245 e. The molecule has 1 aliphatic heterocycles. The zero-order valence-electron chi connectivity index (χ0n) is 14.5. The number of rotatable bonds is 3. The predicted molar refractivity (Wildman–Crippen MR) is 97.9 cm³/mol. The zero-order chi connectivity index (χ0) is 18.1. The van der Waals surface area contributed by atoms with Crippen LogP contribution in [0.2, 0.25) is 0 Å². The summed E-state index contributed by atoms with van der Waals surface area (Å²) in [6.07, 6.45) is 9.93. The van der Waals surface area contributed by atoms with Gasteiger partial charge in [-0.05, 0) is 31.4 Å². The number of carbonyl (C=O) groups excluding carboxylic acids is 1. The number of hydrogen-bond donors (Lipinski definition) is 1. The largest absolute Gasteiger partial charge is 0.345 e. The van der Waals surface area contributed by atoms with Gasteiger partial charge in [-0.3, -0.25) is 4.79 Å². The van der Waals surface area contributed by atoms with Crippen LogP contribution in [0.4, 0.5) is 0 Å². The Morgan fingerprint density at radius 2 is 2.00 bits per heavy atom. The number of carbonyl (C=O) groups is 1. The van der Waals surface area contributed by atoms with E-state index in [-0.39, 0.29) is 16.7 Å². The Morgan fingerprint density at radius 1 is 1.19 bits per heavy atom. The minimum absolute atomic E-state index is 0.0443. The summed E-state index contributed by atoms with van der Waals surface area (Å²) >= 11 is 0. The molecule has 1 aliphatic carbocycles. The fourth-order valence-corrected chi connectivity index (χ4v) is 5.28. The second-order valence-electron chi connectivity index (χ2n) is 6.76. The Kier molecular flexibility index (Phi) is 4.54. The summed E-state index contributed by atoms with van der Waals surface area (Å²) in [7, 11) is -3.61. The minimum atomic E-state index is -3.61. The van der Waals surface area contributed by atoms with Crippen LogP contribution < -0.4 is 0 Å². The van der Waals surface area contributed by atoms with E-state index < -0.39 is 10.0 Å². The predicted octanol–water partition coefficient (Wildman–Crippen LogP) is 1.75. The Balaban J connectivity index is 1.47. The summed E-state index contributed by atoms with van der Waals surface area (Å²) < 4.78 is 27.5. The van der Waals surface area contributed by atoms with Crippen molar-refractivity contribution in [3.8, 4) is 0 Å². The van der Waals surface area contributed by atoms with Crippen molar-refractivity contribution >= 4 is 27.0 Å². The third-order valence-electron chi connectivity index (χ3n) is 5.20. The first-order valence-electron chi connectivity index (χ1n) is 8.93. The van der Waals surface area contributed by atoms with E-state index in [0.29, 0.717) is 37.2 Å². The third-order valence-corrected chi connectivity index (χ3v) is 7.14. The lowest BCUT2D eigenvalue weighted by Crippen LogP contribution is -2.51. The minimum Gasteiger partial charge on any atom is -0.345 e. The molecule has 8 heteroatoms. The van der Waals surface area contributed by atoms with Crippen molar-refractivity contribution in [3.05, 3.63) is 36.7 Å². The van der Waals surface area contributed by atoms with Crippen molar-refractivity contribution < 1.29 is 13.2 Å². The smallest absolute Gasteiger partial charge is 0.245 e. The molecule has 1 saturated heterocycles. The zero-order valence-corrected chi connectivity index (χ0v) is 15.3. The molecule has 0 unspecified atom stereocenters. The Bertz CT molecular complexity index is 942. The molecule has 1 fully saturated rings. The van der Waals surface area contributed by atoms with Crippen LogP contribution in [0.5, 0.6) is 0 Å². The Hall–Kier alpha value is -2.19. The maximum absolute atomic E-state index is 13.0. The van der Waals surface area contributed by atoms with Gasteiger partial charge in [0.25, 0.3) is 0 Å². The van der Waals surface area contributed by atoms with E-state index in [1.807, 2.05) is 4.90 Å². The summed E-state index contributed by atoms with van der Waals surface area (Å²) in [6, 6.07) is 3.48. The molecule has 0 bridgehead atoms. The molecule has 0 radical (unpaired) electrons. The number of amides is 1. The maximum atomic E-state index is 13.0. The highest BCUT2D eigenvalue weighted by molar-refractivity contribution is 7.89. The summed E-state index contributed by atoms with van der Waals surface area (Å²) in [6.45, 7) is 1.53. The van der Waals surface area contributed by atoms with Crippen molar-refractivity contribution in [2.45, 2.75) is 24.2 Å². The molecular formula is C18H22N4O3S. The van der Waals surface area contributed by atoms with Gasteiger partial charge in [0.15, 0.2) is 0 Å². The lowest BCUT2D eigenvalue weighted by atomic mass is 9.93. The number of fused-ring (bicyclic) bond motifs is 1. The third kappa shape index (κ3) is 3.03. The molecular weight excluding hydrogens is 352 g/mol. The lowest BCUT2D eigenvalue weighted by Gasteiger charge is -2.36. The van der Waals surface area contributed by atoms with Gasteiger partial charge in [0, 0.05) is 49.9 Å². The van der Waals surface area contributed by atoms with Crippen LogP contribution in [-0.4, -0.2) is 59.7 Å². The summed E-state index contributed by atoms with van der Waals surface area (Å²) in [5.41, 5.74) is 0.560. The molecule has 2 aliphatic rings. The van der Waals surface area contributed by atoms with Crippen molar-refractivity contribution in [1.82, 2.24) is 19.2 Å². The molecule has 3 heterocycles. The van der Waals surface area contributed by atoms with Gasteiger partial charge in [-0.15, -0.1) is 0 Å². The first-order valence-corrected chi connectivity index (χ1v) is 10.4. The first kappa shape index (κ1) is 17.2. The quantitative estimate of drug-likeness (QED) is 0.830. The second kappa shape index (κ2) is 6.85. The fraction of sp³-hybridized carbons (Fsp3) is 0.444. The topological polar surface area (TPSA) is 86.4 Å². The van der Waals surface area contributed by atoms with Crippen LogP contribution >= 0.6 is 0 Å². The van der Waals surface area contributed by atoms with E-state index in [9.17, 15) is 13.2 Å². The first-order chi connectivity index (χ1) is 12.6. The number of nitrogens with one attached hydrogen (secondary N) is 1. The summed E-state index contributed by atoms with van der Waals surface area (Å²) in [5.74, 6) is 0.200. The second-order valence-corrected chi connectivity index (χ2v) is 8.67. The number of pyridine rings is 1. The van der Waals surface area contributed by atoms with Gasteiger partial charge in [-0.2, -0.15) is 4.31 Å². The SMILES string of the molecule is O=C([C@H]1CC=CCC1)N1CCN(S(=O)(=O)c2c[nH]c3ncccc23)CC1. The molecule has 1 N–H and O–H groups in total. The molecule has 1 atom stereocenters. The van der Waals surface area contributed by atoms with Gasteiger partial charge < -0.3 is 9.88 Å². The molecule has 0 saturated carbocycles. The molecule has 138 valence electrons. The van der Waals surface area contributed by atoms with E-state index in [4.69, 9.17) is 0 Å². The Morgan fingerprint density at radius 3 is 2.73 bits per heavy atom. The summed E-state index contributed by atoms with van der Waals surface area (Å²) in [4.78, 5) is 21.7. The van der Waals surface area contributed by atoms with E-state index in [0.717, 1.165) is 19.3 Å². The number of aromatic amines is 1. The standard InChI is InChI=1S/C18H22N4O3S/c23-18(14-5-2-1-3-6-14)21-9-11-22(12-10-21)26(24,25)16-13-20-17-15(16)7-4-8-19-17/h1-2,4,7-8,13-14H,3,5-6,9-12H2,(H,19,20)/t14-/m0/s1. The van der Waals surface area contributed by atoms with Crippen molar-refractivity contribution in [2.75, 3.05) is 26.2 Å². The molecule has 4 rings (SSSR count). The van der Waals surface area contributed by atoms with Crippen LogP contribution in [0, 0.1) is 5.92 Å². The van der Waals surface area contributed by atoms with Crippen LogP contribution in [0.25, 0.3) is 11.0 Å². The molecule has 0 spiro atoms. The van der Waals surface area contributed by atoms with Crippen LogP contribution in [0.1, 0.15) is 19.3 Å².